The van der Waals surface area contributed by atoms with Gasteiger partial charge in [0.15, 0.2) is 12.4 Å². The van der Waals surface area contributed by atoms with Crippen molar-refractivity contribution in [1.82, 2.24) is 4.90 Å². The summed E-state index contributed by atoms with van der Waals surface area (Å²) in [5, 5.41) is 9.26. The molecule has 1 aromatic rings. The number of aliphatic carboxylic acids is 1. The predicted molar refractivity (Wildman–Crippen MR) is 98.4 cm³/mol. The van der Waals surface area contributed by atoms with Crippen molar-refractivity contribution in [1.29, 1.82) is 0 Å². The Hall–Kier alpha value is -2.65. The van der Waals surface area contributed by atoms with E-state index >= 15 is 0 Å². The highest BCUT2D eigenvalue weighted by Crippen LogP contribution is 2.40. The number of nitrogens with zero attached hydrogens (tertiary/aromatic N) is 3. The van der Waals surface area contributed by atoms with Crippen LogP contribution in [0.3, 0.4) is 0 Å². The number of β-lactam (4-membered cyclic amide) rings is 1. The first-order valence-electron chi connectivity index (χ1n) is 8.53. The quantitative estimate of drug-likeness (QED) is 0.421. The van der Waals surface area contributed by atoms with E-state index in [1.165, 1.54) is 16.7 Å². The summed E-state index contributed by atoms with van der Waals surface area (Å²) in [5.74, 6) is -1.31. The fraction of sp³-hybridized carbons (Fsp3) is 0.333. The minimum atomic E-state index is -1.18. The number of fused-ring (bicyclic) bond motifs is 1. The lowest BCUT2D eigenvalue weighted by Gasteiger charge is -2.47. The fourth-order valence-corrected chi connectivity index (χ4v) is 4.84. The Labute approximate surface area is 159 Å². The molecule has 8 nitrogen and oxygen atoms in total. The first-order chi connectivity index (χ1) is 12.9. The maximum absolute atomic E-state index is 12.8. The van der Waals surface area contributed by atoms with Crippen molar-refractivity contribution in [3.63, 3.8) is 0 Å². The molecule has 0 unspecified atom stereocenters. The van der Waals surface area contributed by atoms with Crippen LogP contribution in [0.25, 0.3) is 0 Å². The van der Waals surface area contributed by atoms with Gasteiger partial charge in [0, 0.05) is 23.9 Å². The summed E-state index contributed by atoms with van der Waals surface area (Å²) in [6.45, 7) is 0.535. The molecule has 0 bridgehead atoms. The number of anilines is 1. The lowest BCUT2D eigenvalue weighted by molar-refractivity contribution is -0.670. The van der Waals surface area contributed by atoms with E-state index in [4.69, 9.17) is 5.73 Å². The van der Waals surface area contributed by atoms with Crippen LogP contribution in [0.2, 0.25) is 0 Å². The van der Waals surface area contributed by atoms with Gasteiger partial charge in [-0.1, -0.05) is 0 Å². The van der Waals surface area contributed by atoms with E-state index in [1.807, 2.05) is 36.1 Å². The van der Waals surface area contributed by atoms with Crippen molar-refractivity contribution in [2.24, 2.45) is 12.8 Å². The first-order valence-corrected chi connectivity index (χ1v) is 9.58. The molecule has 0 spiro atoms. The van der Waals surface area contributed by atoms with Gasteiger partial charge in [0.1, 0.15) is 29.8 Å². The van der Waals surface area contributed by atoms with E-state index in [2.05, 4.69) is 0 Å². The number of hydrogen-bond donors (Lipinski definition) is 2. The standard InChI is InChI=1S/C18H18N4O4S/c1-20-5-2-3-12(8-20)21-6-4-10(15(21)23)7-11-9-27-17-13(19)16(24)22(17)14(11)18(25)26/h2-3,5,7-8,13,17H,4,6,9,19H2,1H3/p+1/t13-,17-/m1/s1. The van der Waals surface area contributed by atoms with Gasteiger partial charge in [-0.2, -0.15) is 0 Å². The highest BCUT2D eigenvalue weighted by atomic mass is 32.2. The van der Waals surface area contributed by atoms with Gasteiger partial charge in [0.25, 0.3) is 5.91 Å². The molecular formula is C18H19N4O4S+. The molecule has 3 N–H and O–H groups in total. The number of thioether (sulfide) groups is 1. The molecule has 0 aliphatic carbocycles. The number of pyridine rings is 1. The fourth-order valence-electron chi connectivity index (χ4n) is 3.59. The molecule has 3 aliphatic rings. The average Bonchev–Trinajstić information content (AvgIpc) is 3.01. The number of allylic oxidation sites excluding steroid dienone is 1. The molecule has 4 heterocycles. The van der Waals surface area contributed by atoms with Crippen LogP contribution in [0.4, 0.5) is 5.69 Å². The number of rotatable bonds is 3. The highest BCUT2D eigenvalue weighted by molar-refractivity contribution is 8.00. The van der Waals surface area contributed by atoms with Gasteiger partial charge in [0.2, 0.25) is 5.91 Å². The Balaban J connectivity index is 1.66. The summed E-state index contributed by atoms with van der Waals surface area (Å²) in [6, 6.07) is 3.07. The van der Waals surface area contributed by atoms with Crippen LogP contribution in [0, 0.1) is 0 Å². The third-order valence-electron chi connectivity index (χ3n) is 4.95. The SMILES string of the molecule is C[n+]1cccc(N2CCC(=CC3=C(C(=O)O)N4C(=O)[C@@H](N)[C@H]4SC3)C2=O)c1. The summed E-state index contributed by atoms with van der Waals surface area (Å²) in [7, 11) is 1.88. The number of aromatic nitrogens is 1. The van der Waals surface area contributed by atoms with E-state index in [9.17, 15) is 19.5 Å². The Kier molecular flexibility index (Phi) is 4.27. The normalized spacial score (nSPS) is 26.5. The van der Waals surface area contributed by atoms with E-state index in [-0.39, 0.29) is 17.0 Å². The van der Waals surface area contributed by atoms with Crippen LogP contribution < -0.4 is 15.2 Å². The summed E-state index contributed by atoms with van der Waals surface area (Å²) in [4.78, 5) is 39.5. The van der Waals surface area contributed by atoms with Gasteiger partial charge in [0.05, 0.1) is 0 Å². The average molecular weight is 387 g/mol. The minimum absolute atomic E-state index is 0.0599. The maximum Gasteiger partial charge on any atom is 0.352 e. The van der Waals surface area contributed by atoms with Gasteiger partial charge >= 0.3 is 5.97 Å². The summed E-state index contributed by atoms with van der Waals surface area (Å²) in [6.07, 6.45) is 5.91. The summed E-state index contributed by atoms with van der Waals surface area (Å²) >= 11 is 1.42. The van der Waals surface area contributed by atoms with Gasteiger partial charge in [-0.05, 0) is 24.1 Å². The third kappa shape index (κ3) is 2.83. The number of carbonyl (C=O) groups excluding carboxylic acids is 2. The van der Waals surface area contributed by atoms with Gasteiger partial charge in [-0.3, -0.25) is 14.5 Å². The Morgan fingerprint density at radius 3 is 2.93 bits per heavy atom. The second-order valence-electron chi connectivity index (χ2n) is 6.72. The molecule has 140 valence electrons. The second kappa shape index (κ2) is 6.50. The number of carboxylic acid groups (broad SMARTS) is 1. The molecule has 27 heavy (non-hydrogen) atoms. The zero-order chi connectivity index (χ0) is 19.3. The third-order valence-corrected chi connectivity index (χ3v) is 6.27. The van der Waals surface area contributed by atoms with Gasteiger partial charge < -0.3 is 15.7 Å². The van der Waals surface area contributed by atoms with Crippen LogP contribution in [0.1, 0.15) is 6.42 Å². The Morgan fingerprint density at radius 1 is 1.44 bits per heavy atom. The lowest BCUT2D eigenvalue weighted by Crippen LogP contribution is -2.68. The molecule has 2 saturated heterocycles. The van der Waals surface area contributed by atoms with E-state index in [1.54, 1.807) is 11.0 Å². The zero-order valence-corrected chi connectivity index (χ0v) is 15.5. The van der Waals surface area contributed by atoms with Gasteiger partial charge in [-0.15, -0.1) is 11.8 Å². The predicted octanol–water partition coefficient (Wildman–Crippen LogP) is -0.245. The van der Waals surface area contributed by atoms with Crippen molar-refractivity contribution < 1.29 is 24.1 Å². The number of nitrogens with two attached hydrogens (primary N) is 1. The van der Waals surface area contributed by atoms with Crippen molar-refractivity contribution in [2.45, 2.75) is 17.8 Å². The van der Waals surface area contributed by atoms with Crippen molar-refractivity contribution in [3.8, 4) is 0 Å². The van der Waals surface area contributed by atoms with Crippen LogP contribution in [0.5, 0.6) is 0 Å². The summed E-state index contributed by atoms with van der Waals surface area (Å²) in [5.41, 5.74) is 7.52. The molecule has 1 aromatic heterocycles. The van der Waals surface area contributed by atoms with Crippen molar-refractivity contribution in [3.05, 3.63) is 47.4 Å². The number of carbonyl (C=O) groups is 3. The number of aryl methyl sites for hydroxylation is 1. The monoisotopic (exact) mass is 387 g/mol. The smallest absolute Gasteiger partial charge is 0.352 e. The first kappa shape index (κ1) is 17.7. The van der Waals surface area contributed by atoms with Crippen LogP contribution >= 0.6 is 11.8 Å². The van der Waals surface area contributed by atoms with Crippen LogP contribution in [0.15, 0.2) is 47.4 Å². The topological polar surface area (TPSA) is 108 Å². The molecule has 2 amide bonds. The van der Waals surface area contributed by atoms with Crippen molar-refractivity contribution in [2.75, 3.05) is 17.2 Å². The second-order valence-corrected chi connectivity index (χ2v) is 7.82. The largest absolute Gasteiger partial charge is 0.477 e. The molecule has 9 heteroatoms. The summed E-state index contributed by atoms with van der Waals surface area (Å²) < 4.78 is 1.87. The molecule has 0 aromatic carbocycles. The number of amides is 2. The minimum Gasteiger partial charge on any atom is -0.477 e. The van der Waals surface area contributed by atoms with Crippen molar-refractivity contribution >= 4 is 35.2 Å². The Bertz CT molecular complexity index is 926. The molecule has 3 aliphatic heterocycles. The molecular weight excluding hydrogens is 368 g/mol. The molecule has 0 saturated carbocycles. The molecule has 2 fully saturated rings. The highest BCUT2D eigenvalue weighted by Gasteiger charge is 2.51. The molecule has 4 rings (SSSR count). The number of carboxylic acids is 1. The zero-order valence-electron chi connectivity index (χ0n) is 14.7. The molecule has 0 radical (unpaired) electrons. The maximum atomic E-state index is 12.8. The van der Waals surface area contributed by atoms with E-state index in [0.717, 1.165) is 5.69 Å². The molecule has 2 atom stereocenters. The number of hydrogen-bond acceptors (Lipinski definition) is 5. The van der Waals surface area contributed by atoms with E-state index in [0.29, 0.717) is 29.9 Å². The van der Waals surface area contributed by atoms with Gasteiger partial charge in [-0.25, -0.2) is 9.36 Å². The Morgan fingerprint density at radius 2 is 2.22 bits per heavy atom. The lowest BCUT2D eigenvalue weighted by atomic mass is 10.0. The van der Waals surface area contributed by atoms with E-state index < -0.39 is 17.9 Å². The van der Waals surface area contributed by atoms with Crippen LogP contribution in [-0.4, -0.2) is 51.5 Å². The van der Waals surface area contributed by atoms with Crippen LogP contribution in [-0.2, 0) is 21.4 Å².